The van der Waals surface area contributed by atoms with Crippen LogP contribution in [0.3, 0.4) is 0 Å². The van der Waals surface area contributed by atoms with E-state index in [2.05, 4.69) is 13.8 Å². The van der Waals surface area contributed by atoms with E-state index in [1.165, 1.54) is 12.8 Å². The van der Waals surface area contributed by atoms with Crippen LogP contribution in [0.25, 0.3) is 0 Å². The molecule has 0 aliphatic carbocycles. The van der Waals surface area contributed by atoms with E-state index in [4.69, 9.17) is 9.47 Å². The van der Waals surface area contributed by atoms with Crippen LogP contribution in [0.15, 0.2) is 0 Å². The Morgan fingerprint density at radius 2 is 1.65 bits per heavy atom. The fourth-order valence-electron chi connectivity index (χ4n) is 1.86. The highest BCUT2D eigenvalue weighted by atomic mass is 16.7. The molecule has 0 N–H and O–H groups in total. The third-order valence-electron chi connectivity index (χ3n) is 2.93. The zero-order chi connectivity index (χ0) is 13.1. The molecule has 0 aromatic heterocycles. The van der Waals surface area contributed by atoms with E-state index < -0.39 is 6.29 Å². The highest BCUT2D eigenvalue weighted by Gasteiger charge is 2.21. The predicted octanol–water partition coefficient (Wildman–Crippen LogP) is 3.56. The second kappa shape index (κ2) is 10.7. The van der Waals surface area contributed by atoms with Crippen LogP contribution < -0.4 is 0 Å². The first kappa shape index (κ1) is 16.6. The maximum Gasteiger partial charge on any atom is 0.217 e. The maximum atomic E-state index is 12.0. The number of carbonyl (C=O) groups is 1. The molecule has 1 unspecified atom stereocenters. The first-order chi connectivity index (χ1) is 8.19. The molecule has 1 atom stereocenters. The smallest absolute Gasteiger partial charge is 0.217 e. The standard InChI is InChI=1S/C14H28O3/c1-5-9-10-12(6-2)11-13(15)14(16-7-3)17-8-4/h12,14H,5-11H2,1-4H3. The van der Waals surface area contributed by atoms with Gasteiger partial charge in [-0.3, -0.25) is 4.79 Å². The molecule has 0 aromatic rings. The molecule has 0 bridgehead atoms. The van der Waals surface area contributed by atoms with E-state index in [0.29, 0.717) is 25.6 Å². The van der Waals surface area contributed by atoms with Gasteiger partial charge >= 0.3 is 0 Å². The Balaban J connectivity index is 4.14. The zero-order valence-corrected chi connectivity index (χ0v) is 11.8. The van der Waals surface area contributed by atoms with E-state index in [0.717, 1.165) is 12.8 Å². The predicted molar refractivity (Wildman–Crippen MR) is 70.0 cm³/mol. The van der Waals surface area contributed by atoms with Crippen molar-refractivity contribution in [2.75, 3.05) is 13.2 Å². The second-order valence-electron chi connectivity index (χ2n) is 4.33. The number of hydrogen-bond donors (Lipinski definition) is 0. The van der Waals surface area contributed by atoms with E-state index in [1.54, 1.807) is 0 Å². The summed E-state index contributed by atoms with van der Waals surface area (Å²) in [4.78, 5) is 12.0. The Morgan fingerprint density at radius 1 is 1.06 bits per heavy atom. The van der Waals surface area contributed by atoms with Gasteiger partial charge in [0.25, 0.3) is 0 Å². The molecular formula is C14H28O3. The molecule has 0 radical (unpaired) electrons. The Bertz CT molecular complexity index is 186. The number of ketones is 1. The van der Waals surface area contributed by atoms with Gasteiger partial charge in [0.1, 0.15) is 0 Å². The van der Waals surface area contributed by atoms with Crippen molar-refractivity contribution in [2.24, 2.45) is 5.92 Å². The van der Waals surface area contributed by atoms with Crippen LogP contribution in [0.2, 0.25) is 0 Å². The molecule has 0 fully saturated rings. The lowest BCUT2D eigenvalue weighted by Gasteiger charge is -2.19. The molecule has 102 valence electrons. The number of Topliss-reactive ketones (excluding diaryl/α,β-unsaturated/α-hetero) is 1. The number of unbranched alkanes of at least 4 members (excludes halogenated alkanes) is 1. The van der Waals surface area contributed by atoms with Crippen LogP contribution in [0.1, 0.15) is 59.8 Å². The number of carbonyl (C=O) groups excluding carboxylic acids is 1. The average molecular weight is 244 g/mol. The van der Waals surface area contributed by atoms with Crippen molar-refractivity contribution < 1.29 is 14.3 Å². The zero-order valence-electron chi connectivity index (χ0n) is 11.8. The molecule has 3 nitrogen and oxygen atoms in total. The van der Waals surface area contributed by atoms with Gasteiger partial charge in [-0.05, 0) is 19.8 Å². The molecule has 0 saturated heterocycles. The van der Waals surface area contributed by atoms with Crippen LogP contribution in [0.5, 0.6) is 0 Å². The molecular weight excluding hydrogens is 216 g/mol. The van der Waals surface area contributed by atoms with Gasteiger partial charge in [0.2, 0.25) is 6.29 Å². The lowest BCUT2D eigenvalue weighted by Crippen LogP contribution is -2.29. The molecule has 0 rings (SSSR count). The van der Waals surface area contributed by atoms with Crippen molar-refractivity contribution in [2.45, 2.75) is 66.1 Å². The molecule has 0 aromatic carbocycles. The Morgan fingerprint density at radius 3 is 2.06 bits per heavy atom. The lowest BCUT2D eigenvalue weighted by molar-refractivity contribution is -0.168. The van der Waals surface area contributed by atoms with Crippen molar-refractivity contribution in [3.8, 4) is 0 Å². The lowest BCUT2D eigenvalue weighted by atomic mass is 9.93. The van der Waals surface area contributed by atoms with Crippen molar-refractivity contribution in [1.82, 2.24) is 0 Å². The van der Waals surface area contributed by atoms with Crippen LogP contribution in [-0.2, 0) is 14.3 Å². The molecule has 0 saturated carbocycles. The fourth-order valence-corrected chi connectivity index (χ4v) is 1.86. The largest absolute Gasteiger partial charge is 0.346 e. The quantitative estimate of drug-likeness (QED) is 0.521. The third kappa shape index (κ3) is 7.50. The minimum atomic E-state index is -0.652. The topological polar surface area (TPSA) is 35.5 Å². The normalized spacial score (nSPS) is 13.0. The summed E-state index contributed by atoms with van der Waals surface area (Å²) >= 11 is 0. The summed E-state index contributed by atoms with van der Waals surface area (Å²) in [6.07, 6.45) is 4.49. The van der Waals surface area contributed by atoms with E-state index in [-0.39, 0.29) is 5.78 Å². The van der Waals surface area contributed by atoms with Gasteiger partial charge in [0.05, 0.1) is 0 Å². The van der Waals surface area contributed by atoms with Gasteiger partial charge in [-0.15, -0.1) is 0 Å². The molecule has 0 amide bonds. The minimum absolute atomic E-state index is 0.0941. The highest BCUT2D eigenvalue weighted by Crippen LogP contribution is 2.18. The summed E-state index contributed by atoms with van der Waals surface area (Å²) in [6.45, 7) is 9.12. The highest BCUT2D eigenvalue weighted by molar-refractivity contribution is 5.82. The van der Waals surface area contributed by atoms with Crippen LogP contribution in [0.4, 0.5) is 0 Å². The van der Waals surface area contributed by atoms with E-state index in [1.807, 2.05) is 13.8 Å². The van der Waals surface area contributed by atoms with Crippen molar-refractivity contribution in [1.29, 1.82) is 0 Å². The SMILES string of the molecule is CCCCC(CC)CC(=O)C(OCC)OCC. The Hall–Kier alpha value is -0.410. The molecule has 0 heterocycles. The second-order valence-corrected chi connectivity index (χ2v) is 4.33. The number of ether oxygens (including phenoxy) is 2. The first-order valence-corrected chi connectivity index (χ1v) is 6.95. The third-order valence-corrected chi connectivity index (χ3v) is 2.93. The number of rotatable bonds is 11. The summed E-state index contributed by atoms with van der Waals surface area (Å²) in [5.74, 6) is 0.572. The van der Waals surface area contributed by atoms with Gasteiger partial charge in [-0.1, -0.05) is 39.5 Å². The van der Waals surface area contributed by atoms with Crippen molar-refractivity contribution >= 4 is 5.78 Å². The average Bonchev–Trinajstić information content (AvgIpc) is 2.33. The van der Waals surface area contributed by atoms with Gasteiger partial charge in [0.15, 0.2) is 5.78 Å². The minimum Gasteiger partial charge on any atom is -0.346 e. The summed E-state index contributed by atoms with van der Waals surface area (Å²) < 4.78 is 10.6. The van der Waals surface area contributed by atoms with Gasteiger partial charge in [0, 0.05) is 19.6 Å². The molecule has 17 heavy (non-hydrogen) atoms. The van der Waals surface area contributed by atoms with Crippen molar-refractivity contribution in [3.05, 3.63) is 0 Å². The van der Waals surface area contributed by atoms with Gasteiger partial charge in [-0.25, -0.2) is 0 Å². The molecule has 0 aliphatic rings. The molecule has 0 aliphatic heterocycles. The fraction of sp³-hybridized carbons (Fsp3) is 0.929. The van der Waals surface area contributed by atoms with Crippen LogP contribution in [-0.4, -0.2) is 25.3 Å². The van der Waals surface area contributed by atoms with Gasteiger partial charge in [-0.2, -0.15) is 0 Å². The summed E-state index contributed by atoms with van der Waals surface area (Å²) in [6, 6.07) is 0. The monoisotopic (exact) mass is 244 g/mol. The summed E-state index contributed by atoms with van der Waals surface area (Å²) in [7, 11) is 0. The van der Waals surface area contributed by atoms with Crippen LogP contribution >= 0.6 is 0 Å². The molecule has 3 heteroatoms. The summed E-state index contributed by atoms with van der Waals surface area (Å²) in [5.41, 5.74) is 0. The van der Waals surface area contributed by atoms with E-state index >= 15 is 0 Å². The molecule has 0 spiro atoms. The van der Waals surface area contributed by atoms with Gasteiger partial charge < -0.3 is 9.47 Å². The Kier molecular flexibility index (Phi) is 10.5. The van der Waals surface area contributed by atoms with Crippen LogP contribution in [0, 0.1) is 5.92 Å². The maximum absolute atomic E-state index is 12.0. The van der Waals surface area contributed by atoms with Crippen molar-refractivity contribution in [3.63, 3.8) is 0 Å². The Labute approximate surface area is 106 Å². The van der Waals surface area contributed by atoms with E-state index in [9.17, 15) is 4.79 Å². The number of hydrogen-bond acceptors (Lipinski definition) is 3. The summed E-state index contributed by atoms with van der Waals surface area (Å²) in [5, 5.41) is 0. The first-order valence-electron chi connectivity index (χ1n) is 6.95.